The molecular weight excluding hydrogens is 304 g/mol. The van der Waals surface area contributed by atoms with Crippen LogP contribution in [0.4, 0.5) is 0 Å². The second-order valence-corrected chi connectivity index (χ2v) is 7.83. The lowest BCUT2D eigenvalue weighted by Crippen LogP contribution is -2.33. The van der Waals surface area contributed by atoms with Gasteiger partial charge in [-0.15, -0.1) is 0 Å². The number of rotatable bonds is 9. The summed E-state index contributed by atoms with van der Waals surface area (Å²) >= 11 is 1.52. The van der Waals surface area contributed by atoms with E-state index in [0.29, 0.717) is 12.4 Å². The van der Waals surface area contributed by atoms with Gasteiger partial charge >= 0.3 is 11.9 Å². The molecule has 128 valence electrons. The van der Waals surface area contributed by atoms with Crippen molar-refractivity contribution in [2.75, 3.05) is 12.4 Å². The van der Waals surface area contributed by atoms with Crippen LogP contribution < -0.4 is 0 Å². The molecule has 0 radical (unpaired) electrons. The number of esters is 1. The Labute approximate surface area is 137 Å². The van der Waals surface area contributed by atoms with E-state index in [1.54, 1.807) is 20.8 Å². The van der Waals surface area contributed by atoms with Gasteiger partial charge in [0.25, 0.3) is 0 Å². The molecule has 0 amide bonds. The zero-order valence-corrected chi connectivity index (χ0v) is 15.2. The van der Waals surface area contributed by atoms with Crippen molar-refractivity contribution in [1.82, 2.24) is 0 Å². The molecule has 0 spiro atoms. The van der Waals surface area contributed by atoms with Crippen LogP contribution in [0.15, 0.2) is 11.8 Å². The number of thioether (sulfide) groups is 1. The van der Waals surface area contributed by atoms with Crippen molar-refractivity contribution in [3.63, 3.8) is 0 Å². The standard InChI is InChI=1S/C16H28O5S/c1-7-8-20-9-12(14(17)18)13(10-22-11(2)3)15(19)21-16(4,5)6/h9,11,13H,7-8,10H2,1-6H3,(H,17,18). The minimum atomic E-state index is -1.16. The summed E-state index contributed by atoms with van der Waals surface area (Å²) in [4.78, 5) is 23.8. The van der Waals surface area contributed by atoms with Gasteiger partial charge in [-0.1, -0.05) is 20.8 Å². The summed E-state index contributed by atoms with van der Waals surface area (Å²) in [5.41, 5.74) is -0.720. The van der Waals surface area contributed by atoms with Crippen molar-refractivity contribution in [3.05, 3.63) is 11.8 Å². The van der Waals surface area contributed by atoms with E-state index in [4.69, 9.17) is 9.47 Å². The summed E-state index contributed by atoms with van der Waals surface area (Å²) in [7, 11) is 0. The summed E-state index contributed by atoms with van der Waals surface area (Å²) in [6.07, 6.45) is 1.95. The van der Waals surface area contributed by atoms with E-state index in [9.17, 15) is 14.7 Å². The van der Waals surface area contributed by atoms with Gasteiger partial charge in [0.05, 0.1) is 18.4 Å². The highest BCUT2D eigenvalue weighted by atomic mass is 32.2. The average Bonchev–Trinajstić information content (AvgIpc) is 2.34. The first-order chi connectivity index (χ1) is 10.1. The predicted molar refractivity (Wildman–Crippen MR) is 88.9 cm³/mol. The van der Waals surface area contributed by atoms with Crippen molar-refractivity contribution >= 4 is 23.7 Å². The van der Waals surface area contributed by atoms with Crippen LogP contribution in [0.5, 0.6) is 0 Å². The summed E-state index contributed by atoms with van der Waals surface area (Å²) < 4.78 is 10.6. The third kappa shape index (κ3) is 8.97. The van der Waals surface area contributed by atoms with Gasteiger partial charge in [-0.3, -0.25) is 4.79 Å². The van der Waals surface area contributed by atoms with E-state index < -0.39 is 23.5 Å². The summed E-state index contributed by atoms with van der Waals surface area (Å²) in [6, 6.07) is 0. The molecule has 0 bridgehead atoms. The maximum absolute atomic E-state index is 12.4. The van der Waals surface area contributed by atoms with Crippen LogP contribution >= 0.6 is 11.8 Å². The monoisotopic (exact) mass is 332 g/mol. The van der Waals surface area contributed by atoms with Crippen LogP contribution in [0.25, 0.3) is 0 Å². The molecule has 0 saturated carbocycles. The van der Waals surface area contributed by atoms with Gasteiger partial charge in [0.15, 0.2) is 0 Å². The fourth-order valence-electron chi connectivity index (χ4n) is 1.49. The van der Waals surface area contributed by atoms with Crippen LogP contribution in [-0.2, 0) is 19.1 Å². The van der Waals surface area contributed by atoms with Gasteiger partial charge in [-0.2, -0.15) is 11.8 Å². The number of ether oxygens (including phenoxy) is 2. The number of aliphatic carboxylic acids is 1. The SMILES string of the molecule is CCCOC=C(C(=O)O)C(CSC(C)C)C(=O)OC(C)(C)C. The maximum atomic E-state index is 12.4. The Balaban J connectivity index is 5.26. The molecule has 0 aliphatic carbocycles. The number of carbonyl (C=O) groups is 2. The molecule has 0 fully saturated rings. The number of carbonyl (C=O) groups excluding carboxylic acids is 1. The summed E-state index contributed by atoms with van der Waals surface area (Å²) in [5, 5.41) is 9.68. The molecule has 0 rings (SSSR count). The van der Waals surface area contributed by atoms with E-state index in [1.807, 2.05) is 20.8 Å². The van der Waals surface area contributed by atoms with Crippen molar-refractivity contribution < 1.29 is 24.2 Å². The molecule has 0 saturated heterocycles. The fourth-order valence-corrected chi connectivity index (χ4v) is 2.39. The maximum Gasteiger partial charge on any atom is 0.335 e. The van der Waals surface area contributed by atoms with Crippen LogP contribution in [0.1, 0.15) is 48.0 Å². The van der Waals surface area contributed by atoms with Crippen LogP contribution in [-0.4, -0.2) is 40.3 Å². The molecule has 0 heterocycles. The first kappa shape index (κ1) is 20.8. The van der Waals surface area contributed by atoms with Crippen molar-refractivity contribution in [3.8, 4) is 0 Å². The molecule has 0 aromatic heterocycles. The minimum Gasteiger partial charge on any atom is -0.501 e. The molecule has 22 heavy (non-hydrogen) atoms. The Hall–Kier alpha value is -1.17. The van der Waals surface area contributed by atoms with Crippen molar-refractivity contribution in [2.24, 2.45) is 5.92 Å². The highest BCUT2D eigenvalue weighted by molar-refractivity contribution is 7.99. The normalized spacial score (nSPS) is 13.9. The Morgan fingerprint density at radius 2 is 1.86 bits per heavy atom. The van der Waals surface area contributed by atoms with E-state index in [-0.39, 0.29) is 10.8 Å². The van der Waals surface area contributed by atoms with Gasteiger partial charge in [0, 0.05) is 5.75 Å². The average molecular weight is 332 g/mol. The highest BCUT2D eigenvalue weighted by Gasteiger charge is 2.32. The first-order valence-corrected chi connectivity index (χ1v) is 8.52. The van der Waals surface area contributed by atoms with E-state index in [2.05, 4.69) is 0 Å². The zero-order valence-electron chi connectivity index (χ0n) is 14.3. The smallest absolute Gasteiger partial charge is 0.335 e. The first-order valence-electron chi connectivity index (χ1n) is 7.47. The Kier molecular flexibility index (Phi) is 9.25. The molecule has 1 unspecified atom stereocenters. The third-order valence-corrected chi connectivity index (χ3v) is 3.63. The molecule has 6 heteroatoms. The Morgan fingerprint density at radius 1 is 1.27 bits per heavy atom. The largest absolute Gasteiger partial charge is 0.501 e. The molecule has 0 aliphatic heterocycles. The Morgan fingerprint density at radius 3 is 2.27 bits per heavy atom. The number of hydrogen-bond acceptors (Lipinski definition) is 5. The Bertz CT molecular complexity index is 396. The van der Waals surface area contributed by atoms with E-state index >= 15 is 0 Å². The lowest BCUT2D eigenvalue weighted by atomic mass is 10.0. The molecule has 5 nitrogen and oxygen atoms in total. The van der Waals surface area contributed by atoms with Crippen molar-refractivity contribution in [1.29, 1.82) is 0 Å². The van der Waals surface area contributed by atoms with Gasteiger partial charge in [0.2, 0.25) is 0 Å². The van der Waals surface area contributed by atoms with Crippen LogP contribution in [0.2, 0.25) is 0 Å². The lowest BCUT2D eigenvalue weighted by molar-refractivity contribution is -0.159. The number of carboxylic acids is 1. The summed E-state index contributed by atoms with van der Waals surface area (Å²) in [5.74, 6) is -2.19. The second kappa shape index (κ2) is 9.77. The lowest BCUT2D eigenvalue weighted by Gasteiger charge is -2.24. The number of hydrogen-bond donors (Lipinski definition) is 1. The zero-order chi connectivity index (χ0) is 17.3. The molecule has 1 atom stereocenters. The number of carboxylic acid groups (broad SMARTS) is 1. The van der Waals surface area contributed by atoms with Gasteiger partial charge in [-0.05, 0) is 32.4 Å². The highest BCUT2D eigenvalue weighted by Crippen LogP contribution is 2.24. The summed E-state index contributed by atoms with van der Waals surface area (Å²) in [6.45, 7) is 11.6. The molecule has 1 N–H and O–H groups in total. The topological polar surface area (TPSA) is 72.8 Å². The van der Waals surface area contributed by atoms with Gasteiger partial charge in [-0.25, -0.2) is 4.79 Å². The fraction of sp³-hybridized carbons (Fsp3) is 0.750. The molecule has 0 aliphatic rings. The molecule has 0 aromatic rings. The minimum absolute atomic E-state index is 0.0594. The molecule has 0 aromatic carbocycles. The van der Waals surface area contributed by atoms with Gasteiger partial charge in [0.1, 0.15) is 11.5 Å². The quantitative estimate of drug-likeness (QED) is 0.302. The predicted octanol–water partition coefficient (Wildman–Crippen LogP) is 3.48. The van der Waals surface area contributed by atoms with Crippen LogP contribution in [0.3, 0.4) is 0 Å². The van der Waals surface area contributed by atoms with Crippen LogP contribution in [0, 0.1) is 5.92 Å². The van der Waals surface area contributed by atoms with Gasteiger partial charge < -0.3 is 14.6 Å². The van der Waals surface area contributed by atoms with E-state index in [0.717, 1.165) is 6.42 Å². The molecular formula is C16H28O5S. The second-order valence-electron chi connectivity index (χ2n) is 6.22. The van der Waals surface area contributed by atoms with Crippen molar-refractivity contribution in [2.45, 2.75) is 58.8 Å². The van der Waals surface area contributed by atoms with E-state index in [1.165, 1.54) is 18.0 Å². The third-order valence-electron chi connectivity index (χ3n) is 2.44.